The first-order chi connectivity index (χ1) is 6.67. The number of nitrogens with one attached hydrogen (secondary N) is 1. The SMILES string of the molecule is CNC(CC(C)CN)C1CCN(C)C1. The van der Waals surface area contributed by atoms with Crippen LogP contribution in [-0.4, -0.2) is 44.7 Å². The molecule has 0 aromatic heterocycles. The fourth-order valence-electron chi connectivity index (χ4n) is 2.37. The molecule has 0 saturated carbocycles. The molecule has 0 radical (unpaired) electrons. The average Bonchev–Trinajstić information content (AvgIpc) is 2.60. The van der Waals surface area contributed by atoms with Crippen molar-refractivity contribution in [3.05, 3.63) is 0 Å². The lowest BCUT2D eigenvalue weighted by atomic mass is 9.91. The Morgan fingerprint density at radius 1 is 1.57 bits per heavy atom. The highest BCUT2D eigenvalue weighted by Crippen LogP contribution is 2.22. The van der Waals surface area contributed by atoms with E-state index in [-0.39, 0.29) is 0 Å². The Labute approximate surface area is 88.0 Å². The molecule has 3 heteroatoms. The topological polar surface area (TPSA) is 41.3 Å². The molecular formula is C11H25N3. The standard InChI is InChI=1S/C11H25N3/c1-9(7-12)6-11(13-2)10-4-5-14(3)8-10/h9-11,13H,4-8,12H2,1-3H3. The average molecular weight is 199 g/mol. The summed E-state index contributed by atoms with van der Waals surface area (Å²) >= 11 is 0. The number of nitrogens with zero attached hydrogens (tertiary/aromatic N) is 1. The lowest BCUT2D eigenvalue weighted by Gasteiger charge is -2.25. The molecule has 1 aliphatic heterocycles. The van der Waals surface area contributed by atoms with Gasteiger partial charge in [-0.25, -0.2) is 0 Å². The molecule has 0 bridgehead atoms. The Morgan fingerprint density at radius 2 is 2.29 bits per heavy atom. The van der Waals surface area contributed by atoms with Crippen LogP contribution in [0.4, 0.5) is 0 Å². The van der Waals surface area contributed by atoms with E-state index >= 15 is 0 Å². The van der Waals surface area contributed by atoms with Gasteiger partial charge < -0.3 is 16.0 Å². The minimum Gasteiger partial charge on any atom is -0.330 e. The third-order valence-electron chi connectivity index (χ3n) is 3.43. The zero-order valence-corrected chi connectivity index (χ0v) is 9.79. The number of nitrogens with two attached hydrogens (primary N) is 1. The second kappa shape index (κ2) is 5.69. The molecule has 1 heterocycles. The Morgan fingerprint density at radius 3 is 2.71 bits per heavy atom. The highest BCUT2D eigenvalue weighted by molar-refractivity contribution is 4.84. The summed E-state index contributed by atoms with van der Waals surface area (Å²) in [5.41, 5.74) is 5.66. The molecule has 0 spiro atoms. The van der Waals surface area contributed by atoms with Crippen LogP contribution >= 0.6 is 0 Å². The zero-order chi connectivity index (χ0) is 10.6. The van der Waals surface area contributed by atoms with E-state index in [4.69, 9.17) is 5.73 Å². The van der Waals surface area contributed by atoms with Crippen molar-refractivity contribution in [1.29, 1.82) is 0 Å². The van der Waals surface area contributed by atoms with Gasteiger partial charge in [0.1, 0.15) is 0 Å². The predicted octanol–water partition coefficient (Wildman–Crippen LogP) is 0.511. The summed E-state index contributed by atoms with van der Waals surface area (Å²) in [6.07, 6.45) is 2.55. The Hall–Kier alpha value is -0.120. The van der Waals surface area contributed by atoms with Crippen molar-refractivity contribution >= 4 is 0 Å². The number of hydrogen-bond donors (Lipinski definition) is 2. The minimum atomic E-state index is 0.637. The second-order valence-corrected chi connectivity index (χ2v) is 4.78. The Kier molecular flexibility index (Phi) is 4.85. The van der Waals surface area contributed by atoms with Gasteiger partial charge in [-0.1, -0.05) is 6.92 Å². The van der Waals surface area contributed by atoms with Gasteiger partial charge >= 0.3 is 0 Å². The van der Waals surface area contributed by atoms with Crippen molar-refractivity contribution in [3.63, 3.8) is 0 Å². The van der Waals surface area contributed by atoms with Crippen molar-refractivity contribution in [2.75, 3.05) is 33.7 Å². The fraction of sp³-hybridized carbons (Fsp3) is 1.00. The van der Waals surface area contributed by atoms with Gasteiger partial charge in [-0.3, -0.25) is 0 Å². The quantitative estimate of drug-likeness (QED) is 0.678. The van der Waals surface area contributed by atoms with Crippen molar-refractivity contribution in [1.82, 2.24) is 10.2 Å². The van der Waals surface area contributed by atoms with Crippen molar-refractivity contribution in [3.8, 4) is 0 Å². The van der Waals surface area contributed by atoms with Crippen LogP contribution in [0.1, 0.15) is 19.8 Å². The van der Waals surface area contributed by atoms with Gasteiger partial charge in [-0.15, -0.1) is 0 Å². The van der Waals surface area contributed by atoms with E-state index in [2.05, 4.69) is 31.2 Å². The van der Waals surface area contributed by atoms with Gasteiger partial charge in [0.15, 0.2) is 0 Å². The van der Waals surface area contributed by atoms with Gasteiger partial charge in [-0.2, -0.15) is 0 Å². The Bertz CT molecular complexity index is 161. The van der Waals surface area contributed by atoms with E-state index in [0.717, 1.165) is 12.5 Å². The summed E-state index contributed by atoms with van der Waals surface area (Å²) < 4.78 is 0. The van der Waals surface area contributed by atoms with Crippen LogP contribution in [0.2, 0.25) is 0 Å². The Balaban J connectivity index is 2.37. The van der Waals surface area contributed by atoms with Crippen molar-refractivity contribution in [2.24, 2.45) is 17.6 Å². The van der Waals surface area contributed by atoms with E-state index in [0.29, 0.717) is 12.0 Å². The highest BCUT2D eigenvalue weighted by atomic mass is 15.1. The van der Waals surface area contributed by atoms with Gasteiger partial charge in [-0.05, 0) is 51.9 Å². The lowest BCUT2D eigenvalue weighted by molar-refractivity contribution is 0.306. The summed E-state index contributed by atoms with van der Waals surface area (Å²) in [5, 5.41) is 3.45. The summed E-state index contributed by atoms with van der Waals surface area (Å²) in [4.78, 5) is 2.42. The smallest absolute Gasteiger partial charge is 0.0108 e. The van der Waals surface area contributed by atoms with Crippen LogP contribution in [0.3, 0.4) is 0 Å². The van der Waals surface area contributed by atoms with E-state index in [1.165, 1.54) is 25.9 Å². The molecule has 3 N–H and O–H groups in total. The fourth-order valence-corrected chi connectivity index (χ4v) is 2.37. The van der Waals surface area contributed by atoms with Gasteiger partial charge in [0.05, 0.1) is 0 Å². The van der Waals surface area contributed by atoms with Crippen LogP contribution < -0.4 is 11.1 Å². The van der Waals surface area contributed by atoms with Crippen LogP contribution in [-0.2, 0) is 0 Å². The molecule has 14 heavy (non-hydrogen) atoms. The van der Waals surface area contributed by atoms with Gasteiger partial charge in [0, 0.05) is 12.6 Å². The molecule has 1 fully saturated rings. The van der Waals surface area contributed by atoms with Crippen molar-refractivity contribution < 1.29 is 0 Å². The highest BCUT2D eigenvalue weighted by Gasteiger charge is 2.27. The molecule has 1 saturated heterocycles. The van der Waals surface area contributed by atoms with Crippen LogP contribution in [0.5, 0.6) is 0 Å². The first-order valence-corrected chi connectivity index (χ1v) is 5.73. The molecule has 3 unspecified atom stereocenters. The molecule has 0 aromatic rings. The summed E-state index contributed by atoms with van der Waals surface area (Å²) in [7, 11) is 4.28. The molecule has 1 aliphatic rings. The third kappa shape index (κ3) is 3.23. The summed E-state index contributed by atoms with van der Waals surface area (Å²) in [6, 6.07) is 0.651. The number of hydrogen-bond acceptors (Lipinski definition) is 3. The number of rotatable bonds is 5. The first-order valence-electron chi connectivity index (χ1n) is 5.73. The van der Waals surface area contributed by atoms with Crippen LogP contribution in [0.15, 0.2) is 0 Å². The molecule has 1 rings (SSSR count). The molecule has 3 atom stereocenters. The lowest BCUT2D eigenvalue weighted by Crippen LogP contribution is -2.37. The van der Waals surface area contributed by atoms with E-state index < -0.39 is 0 Å². The molecule has 0 amide bonds. The number of likely N-dealkylation sites (tertiary alicyclic amines) is 1. The second-order valence-electron chi connectivity index (χ2n) is 4.78. The molecule has 84 valence electrons. The molecule has 3 nitrogen and oxygen atoms in total. The maximum absolute atomic E-state index is 5.66. The zero-order valence-electron chi connectivity index (χ0n) is 9.79. The first kappa shape index (κ1) is 12.0. The van der Waals surface area contributed by atoms with Crippen LogP contribution in [0.25, 0.3) is 0 Å². The normalized spacial score (nSPS) is 27.9. The largest absolute Gasteiger partial charge is 0.330 e. The van der Waals surface area contributed by atoms with Crippen LogP contribution in [0, 0.1) is 11.8 Å². The summed E-state index contributed by atoms with van der Waals surface area (Å²) in [6.45, 7) is 5.53. The van der Waals surface area contributed by atoms with Gasteiger partial charge in [0.2, 0.25) is 0 Å². The monoisotopic (exact) mass is 199 g/mol. The maximum atomic E-state index is 5.66. The van der Waals surface area contributed by atoms with E-state index in [1.807, 2.05) is 0 Å². The van der Waals surface area contributed by atoms with E-state index in [9.17, 15) is 0 Å². The third-order valence-corrected chi connectivity index (χ3v) is 3.43. The maximum Gasteiger partial charge on any atom is 0.0108 e. The molecule has 0 aromatic carbocycles. The molecular weight excluding hydrogens is 174 g/mol. The van der Waals surface area contributed by atoms with E-state index in [1.54, 1.807) is 0 Å². The van der Waals surface area contributed by atoms with Gasteiger partial charge in [0.25, 0.3) is 0 Å². The minimum absolute atomic E-state index is 0.637. The predicted molar refractivity (Wildman–Crippen MR) is 61.3 cm³/mol. The molecule has 0 aliphatic carbocycles. The van der Waals surface area contributed by atoms with Crippen molar-refractivity contribution in [2.45, 2.75) is 25.8 Å². The summed E-state index contributed by atoms with van der Waals surface area (Å²) in [5.74, 6) is 1.46.